The Morgan fingerprint density at radius 3 is 2.57 bits per heavy atom. The molecule has 0 spiro atoms. The van der Waals surface area contributed by atoms with Crippen LogP contribution in [0.25, 0.3) is 22.9 Å². The number of aromatic carboxylic acids is 1. The second-order valence-electron chi connectivity index (χ2n) is 10.4. The Morgan fingerprint density at radius 1 is 1.03 bits per heavy atom. The lowest BCUT2D eigenvalue weighted by Crippen LogP contribution is -2.06. The fourth-order valence-electron chi connectivity index (χ4n) is 5.66. The molecule has 2 atom stereocenters. The van der Waals surface area contributed by atoms with Crippen LogP contribution >= 0.6 is 0 Å². The Kier molecular flexibility index (Phi) is 6.20. The van der Waals surface area contributed by atoms with Crippen LogP contribution in [0.2, 0.25) is 0 Å². The molecule has 0 saturated heterocycles. The number of hydrogen-bond acceptors (Lipinski definition) is 4. The molecule has 1 N–H and O–H groups in total. The van der Waals surface area contributed by atoms with Gasteiger partial charge in [0.05, 0.1) is 23.3 Å². The van der Waals surface area contributed by atoms with Gasteiger partial charge in [-0.1, -0.05) is 67.0 Å². The summed E-state index contributed by atoms with van der Waals surface area (Å²) in [5, 5.41) is 22.7. The summed E-state index contributed by atoms with van der Waals surface area (Å²) in [5.74, 6) is -0.0737. The molecule has 0 radical (unpaired) electrons. The third-order valence-corrected chi connectivity index (χ3v) is 7.70. The van der Waals surface area contributed by atoms with Gasteiger partial charge in [-0.3, -0.25) is 4.68 Å². The van der Waals surface area contributed by atoms with E-state index in [2.05, 4.69) is 64.0 Å². The van der Waals surface area contributed by atoms with Gasteiger partial charge < -0.3 is 5.11 Å². The van der Waals surface area contributed by atoms with Gasteiger partial charge in [-0.25, -0.2) is 9.48 Å². The van der Waals surface area contributed by atoms with Crippen LogP contribution in [-0.2, 0) is 7.05 Å². The molecule has 37 heavy (non-hydrogen) atoms. The van der Waals surface area contributed by atoms with E-state index >= 15 is 0 Å². The highest BCUT2D eigenvalue weighted by Crippen LogP contribution is 2.55. The summed E-state index contributed by atoms with van der Waals surface area (Å²) < 4.78 is 3.48. The third-order valence-electron chi connectivity index (χ3n) is 7.70. The molecule has 2 unspecified atom stereocenters. The van der Waals surface area contributed by atoms with Gasteiger partial charge in [0.15, 0.2) is 0 Å². The van der Waals surface area contributed by atoms with Crippen molar-refractivity contribution in [3.05, 3.63) is 89.5 Å². The van der Waals surface area contributed by atoms with Crippen LogP contribution in [0, 0.1) is 5.92 Å². The number of allylic oxidation sites excluding steroid dienone is 1. The summed E-state index contributed by atoms with van der Waals surface area (Å²) in [7, 11) is 1.84. The Hall–Kier alpha value is -4.00. The van der Waals surface area contributed by atoms with Crippen LogP contribution in [0.3, 0.4) is 0 Å². The Labute approximate surface area is 216 Å². The molecule has 7 heteroatoms. The highest BCUT2D eigenvalue weighted by molar-refractivity contribution is 5.89. The normalized spacial score (nSPS) is 19.9. The van der Waals surface area contributed by atoms with E-state index in [0.29, 0.717) is 5.92 Å². The average Bonchev–Trinajstić information content (AvgIpc) is 3.37. The number of carboxylic acids is 1. The molecular weight excluding hydrogens is 462 g/mol. The van der Waals surface area contributed by atoms with Crippen LogP contribution < -0.4 is 0 Å². The minimum Gasteiger partial charge on any atom is -0.478 e. The first-order chi connectivity index (χ1) is 18.1. The van der Waals surface area contributed by atoms with Crippen LogP contribution in [0.5, 0.6) is 0 Å². The van der Waals surface area contributed by atoms with E-state index in [9.17, 15) is 9.90 Å². The van der Waals surface area contributed by atoms with Gasteiger partial charge in [0.25, 0.3) is 0 Å². The van der Waals surface area contributed by atoms with E-state index in [-0.39, 0.29) is 17.4 Å². The van der Waals surface area contributed by atoms with E-state index in [1.165, 1.54) is 43.9 Å². The summed E-state index contributed by atoms with van der Waals surface area (Å²) in [6.07, 6.45) is 15.5. The van der Waals surface area contributed by atoms with Crippen molar-refractivity contribution in [2.45, 2.75) is 50.4 Å². The molecule has 7 nitrogen and oxygen atoms in total. The molecule has 6 rings (SSSR count). The maximum atomic E-state index is 12.1. The van der Waals surface area contributed by atoms with Gasteiger partial charge in [-0.15, -0.1) is 5.10 Å². The molecule has 2 aliphatic rings. The fourth-order valence-corrected chi connectivity index (χ4v) is 5.66. The summed E-state index contributed by atoms with van der Waals surface area (Å²) in [4.78, 5) is 12.1. The molecule has 2 heterocycles. The van der Waals surface area contributed by atoms with Gasteiger partial charge in [-0.05, 0) is 60.1 Å². The number of nitrogens with zero attached hydrogens (tertiary/aromatic N) is 5. The lowest BCUT2D eigenvalue weighted by Gasteiger charge is -2.17. The van der Waals surface area contributed by atoms with Crippen molar-refractivity contribution < 1.29 is 9.90 Å². The molecule has 2 fully saturated rings. The number of rotatable bonds is 7. The predicted octanol–water partition coefficient (Wildman–Crippen LogP) is 6.23. The first kappa shape index (κ1) is 23.4. The number of benzene rings is 2. The van der Waals surface area contributed by atoms with Crippen LogP contribution in [0.15, 0.2) is 67.0 Å². The quantitative estimate of drug-likeness (QED) is 0.330. The number of aryl methyl sites for hydroxylation is 1. The van der Waals surface area contributed by atoms with Crippen molar-refractivity contribution in [3.8, 4) is 16.8 Å². The molecule has 0 aliphatic heterocycles. The van der Waals surface area contributed by atoms with Gasteiger partial charge in [0.2, 0.25) is 0 Å². The molecule has 188 valence electrons. The molecule has 2 aliphatic carbocycles. The van der Waals surface area contributed by atoms with Crippen LogP contribution in [-0.4, -0.2) is 35.9 Å². The van der Waals surface area contributed by atoms with Gasteiger partial charge in [-0.2, -0.15) is 5.10 Å². The van der Waals surface area contributed by atoms with Crippen molar-refractivity contribution in [2.75, 3.05) is 0 Å². The summed E-state index contributed by atoms with van der Waals surface area (Å²) in [5.41, 5.74) is 6.12. The zero-order valence-electron chi connectivity index (χ0n) is 21.0. The van der Waals surface area contributed by atoms with Crippen molar-refractivity contribution >= 4 is 12.0 Å². The zero-order valence-corrected chi connectivity index (χ0v) is 21.0. The molecule has 2 aromatic carbocycles. The molecule has 4 aromatic rings. The first-order valence-electron chi connectivity index (χ1n) is 13.1. The summed E-state index contributed by atoms with van der Waals surface area (Å²) >= 11 is 0. The largest absolute Gasteiger partial charge is 0.478 e. The molecule has 0 amide bonds. The number of hydrogen-bond donors (Lipinski definition) is 1. The maximum Gasteiger partial charge on any atom is 0.339 e. The van der Waals surface area contributed by atoms with Gasteiger partial charge in [0.1, 0.15) is 5.56 Å². The lowest BCUT2D eigenvalue weighted by molar-refractivity contribution is 0.0695. The topological polar surface area (TPSA) is 85.8 Å². The monoisotopic (exact) mass is 493 g/mol. The summed E-state index contributed by atoms with van der Waals surface area (Å²) in [6, 6.07) is 16.8. The number of aromatic nitrogens is 5. The summed E-state index contributed by atoms with van der Waals surface area (Å²) in [6.45, 7) is 0. The van der Waals surface area contributed by atoms with E-state index in [1.807, 2.05) is 25.4 Å². The fraction of sp³-hybridized carbons (Fsp3) is 0.333. The highest BCUT2D eigenvalue weighted by Gasteiger charge is 2.46. The molecular formula is C30H31N5O2. The van der Waals surface area contributed by atoms with Crippen molar-refractivity contribution in [1.29, 1.82) is 0 Å². The van der Waals surface area contributed by atoms with Crippen molar-refractivity contribution in [3.63, 3.8) is 0 Å². The second-order valence-corrected chi connectivity index (χ2v) is 10.4. The van der Waals surface area contributed by atoms with E-state index < -0.39 is 5.97 Å². The zero-order chi connectivity index (χ0) is 25.4. The molecule has 2 aromatic heterocycles. The Bertz CT molecular complexity index is 1460. The molecule has 2 saturated carbocycles. The predicted molar refractivity (Wildman–Crippen MR) is 143 cm³/mol. The molecule has 0 bridgehead atoms. The van der Waals surface area contributed by atoms with E-state index in [0.717, 1.165) is 34.6 Å². The minimum absolute atomic E-state index is 0.0437. The van der Waals surface area contributed by atoms with Gasteiger partial charge >= 0.3 is 5.97 Å². The second kappa shape index (κ2) is 9.81. The Morgan fingerprint density at radius 2 is 1.81 bits per heavy atom. The SMILES string of the molecule is Cn1cc(C2CC2c2c(C(=O)O)cnn2-c2cccc(-c3cccc(/C=C/C4CCCCC4)c3)c2)nn1. The maximum absolute atomic E-state index is 12.1. The van der Waals surface area contributed by atoms with Crippen LogP contribution in [0.4, 0.5) is 0 Å². The number of carboxylic acid groups (broad SMARTS) is 1. The minimum atomic E-state index is -0.959. The van der Waals surface area contributed by atoms with Crippen LogP contribution in [0.1, 0.15) is 77.7 Å². The standard InChI is InChI=1S/C30H31N5O2/c1-34-19-28(32-33-34)25-17-26(25)29-27(30(36)37)18-31-35(29)24-12-6-11-23(16-24)22-10-5-9-21(15-22)14-13-20-7-3-2-4-8-20/h5-6,9-16,18-20,25-26H,2-4,7-8,17H2,1H3,(H,36,37)/b14-13+. The third kappa shape index (κ3) is 4.86. The first-order valence-corrected chi connectivity index (χ1v) is 13.1. The number of carbonyl (C=O) groups is 1. The Balaban J connectivity index is 1.30. The average molecular weight is 494 g/mol. The van der Waals surface area contributed by atoms with E-state index in [1.54, 1.807) is 9.36 Å². The van der Waals surface area contributed by atoms with Crippen molar-refractivity contribution in [2.24, 2.45) is 13.0 Å². The smallest absolute Gasteiger partial charge is 0.339 e. The van der Waals surface area contributed by atoms with Gasteiger partial charge in [0, 0.05) is 25.1 Å². The highest BCUT2D eigenvalue weighted by atomic mass is 16.4. The van der Waals surface area contributed by atoms with Crippen molar-refractivity contribution in [1.82, 2.24) is 24.8 Å². The van der Waals surface area contributed by atoms with E-state index in [4.69, 9.17) is 0 Å². The lowest BCUT2D eigenvalue weighted by atomic mass is 9.88.